The minimum Gasteiger partial charge on any atom is -0.507 e. The summed E-state index contributed by atoms with van der Waals surface area (Å²) in [5.41, 5.74) is 2.38. The van der Waals surface area contributed by atoms with Crippen LogP contribution in [0.5, 0.6) is 5.75 Å². The van der Waals surface area contributed by atoms with Gasteiger partial charge in [-0.1, -0.05) is 19.1 Å². The lowest BCUT2D eigenvalue weighted by atomic mass is 10.0. The van der Waals surface area contributed by atoms with E-state index in [1.54, 1.807) is 24.1 Å². The van der Waals surface area contributed by atoms with E-state index in [1.807, 2.05) is 13.0 Å². The third-order valence-corrected chi connectivity index (χ3v) is 4.16. The number of hydrogen-bond donors (Lipinski definition) is 2. The second kappa shape index (κ2) is 6.93. The number of aromatic hydroxyl groups is 1. The predicted molar refractivity (Wildman–Crippen MR) is 94.2 cm³/mol. The number of carbonyl (C=O) groups excluding carboxylic acids is 1. The summed E-state index contributed by atoms with van der Waals surface area (Å²) in [5, 5.41) is 18.0. The zero-order valence-corrected chi connectivity index (χ0v) is 14.2. The highest BCUT2D eigenvalue weighted by Crippen LogP contribution is 2.28. The first-order chi connectivity index (χ1) is 12.0. The maximum absolute atomic E-state index is 13.4. The van der Waals surface area contributed by atoms with Gasteiger partial charge in [0.05, 0.1) is 11.1 Å². The summed E-state index contributed by atoms with van der Waals surface area (Å²) in [7, 11) is 1.71. The van der Waals surface area contributed by atoms with Crippen LogP contribution >= 0.6 is 0 Å². The average Bonchev–Trinajstić information content (AvgIpc) is 2.95. The molecule has 3 aromatic rings. The van der Waals surface area contributed by atoms with Crippen LogP contribution < -0.4 is 0 Å². The quantitative estimate of drug-likeness (QED) is 0.746. The Kier molecular flexibility index (Phi) is 4.70. The molecule has 0 spiro atoms. The Labute approximate surface area is 145 Å². The van der Waals surface area contributed by atoms with Gasteiger partial charge in [-0.3, -0.25) is 9.89 Å². The fourth-order valence-corrected chi connectivity index (χ4v) is 2.90. The smallest absolute Gasteiger partial charge is 0.257 e. The first-order valence-corrected chi connectivity index (χ1v) is 8.19. The molecule has 0 bridgehead atoms. The number of rotatable bonds is 5. The zero-order chi connectivity index (χ0) is 18.0. The van der Waals surface area contributed by atoms with Gasteiger partial charge in [-0.25, -0.2) is 4.39 Å². The van der Waals surface area contributed by atoms with E-state index in [9.17, 15) is 14.3 Å². The largest absolute Gasteiger partial charge is 0.507 e. The predicted octanol–water partition coefficient (Wildman–Crippen LogP) is 3.48. The van der Waals surface area contributed by atoms with Crippen LogP contribution in [0.25, 0.3) is 10.9 Å². The number of phenolic OH excluding ortho intramolecular Hbond substituents is 1. The molecule has 0 fully saturated rings. The molecule has 1 amide bonds. The number of aromatic amines is 1. The number of amides is 1. The first-order valence-electron chi connectivity index (χ1n) is 8.19. The number of hydrogen-bond acceptors (Lipinski definition) is 3. The van der Waals surface area contributed by atoms with Crippen molar-refractivity contribution in [2.45, 2.75) is 19.8 Å². The van der Waals surface area contributed by atoms with Gasteiger partial charge in [-0.05, 0) is 30.2 Å². The van der Waals surface area contributed by atoms with Crippen LogP contribution in [0.15, 0.2) is 36.4 Å². The Hall–Kier alpha value is -2.89. The number of phenols is 1. The topological polar surface area (TPSA) is 69.2 Å². The molecule has 0 aliphatic heterocycles. The highest BCUT2D eigenvalue weighted by atomic mass is 19.1. The maximum Gasteiger partial charge on any atom is 0.257 e. The molecule has 1 aromatic heterocycles. The Bertz CT molecular complexity index is 920. The van der Waals surface area contributed by atoms with E-state index in [0.29, 0.717) is 18.5 Å². The van der Waals surface area contributed by atoms with Gasteiger partial charge in [0, 0.05) is 37.2 Å². The van der Waals surface area contributed by atoms with Gasteiger partial charge in [0.15, 0.2) is 0 Å². The number of H-pyrrole nitrogens is 1. The van der Waals surface area contributed by atoms with E-state index in [-0.39, 0.29) is 23.0 Å². The molecule has 25 heavy (non-hydrogen) atoms. The van der Waals surface area contributed by atoms with Crippen LogP contribution in [0, 0.1) is 5.82 Å². The number of nitrogens with one attached hydrogen (secondary N) is 1. The molecule has 0 atom stereocenters. The number of benzene rings is 2. The number of carbonyl (C=O) groups is 1. The van der Waals surface area contributed by atoms with E-state index in [0.717, 1.165) is 23.1 Å². The van der Waals surface area contributed by atoms with E-state index < -0.39 is 0 Å². The van der Waals surface area contributed by atoms with Crippen LogP contribution in [0.1, 0.15) is 35.0 Å². The summed E-state index contributed by atoms with van der Waals surface area (Å²) in [6, 6.07) is 9.48. The van der Waals surface area contributed by atoms with Crippen molar-refractivity contribution in [3.05, 3.63) is 59.0 Å². The molecule has 130 valence electrons. The minimum absolute atomic E-state index is 0.0933. The van der Waals surface area contributed by atoms with E-state index >= 15 is 0 Å². The van der Waals surface area contributed by atoms with Crippen molar-refractivity contribution in [3.8, 4) is 5.75 Å². The van der Waals surface area contributed by atoms with Gasteiger partial charge >= 0.3 is 0 Å². The molecule has 0 radical (unpaired) electrons. The van der Waals surface area contributed by atoms with Crippen molar-refractivity contribution in [1.29, 1.82) is 0 Å². The second-order valence-corrected chi connectivity index (χ2v) is 6.12. The standard InChI is InChI=1S/C19H20FN3O2/c1-3-7-23(2)19(25)15-10-14-16(21-22-17(14)11-18(15)24)9-12-5-4-6-13(20)8-12/h4-6,8,10-11,24H,3,7,9H2,1-2H3,(H,21,22). The third kappa shape index (κ3) is 3.47. The minimum atomic E-state index is -0.295. The third-order valence-electron chi connectivity index (χ3n) is 4.16. The molecule has 0 aliphatic rings. The highest BCUT2D eigenvalue weighted by Gasteiger charge is 2.18. The second-order valence-electron chi connectivity index (χ2n) is 6.12. The summed E-state index contributed by atoms with van der Waals surface area (Å²) >= 11 is 0. The van der Waals surface area contributed by atoms with Crippen LogP contribution in [0.3, 0.4) is 0 Å². The van der Waals surface area contributed by atoms with Crippen LogP contribution in [0.4, 0.5) is 4.39 Å². The normalized spacial score (nSPS) is 11.0. The fraction of sp³-hybridized carbons (Fsp3) is 0.263. The summed E-state index contributed by atoms with van der Waals surface area (Å²) in [6.45, 7) is 2.60. The average molecular weight is 341 g/mol. The summed E-state index contributed by atoms with van der Waals surface area (Å²) in [5.74, 6) is -0.626. The van der Waals surface area contributed by atoms with Crippen molar-refractivity contribution < 1.29 is 14.3 Å². The van der Waals surface area contributed by atoms with Gasteiger partial charge in [0.2, 0.25) is 0 Å². The summed E-state index contributed by atoms with van der Waals surface area (Å²) in [6.07, 6.45) is 1.29. The molecule has 0 saturated carbocycles. The number of fused-ring (bicyclic) bond motifs is 1. The van der Waals surface area contributed by atoms with Gasteiger partial charge in [0.25, 0.3) is 5.91 Å². The van der Waals surface area contributed by atoms with Crippen LogP contribution in [-0.4, -0.2) is 39.7 Å². The number of nitrogens with zero attached hydrogens (tertiary/aromatic N) is 2. The molecule has 0 saturated heterocycles. The van der Waals surface area contributed by atoms with Crippen molar-refractivity contribution in [2.24, 2.45) is 0 Å². The van der Waals surface area contributed by atoms with E-state index in [2.05, 4.69) is 10.2 Å². The van der Waals surface area contributed by atoms with Gasteiger partial charge < -0.3 is 10.0 Å². The number of aromatic nitrogens is 2. The lowest BCUT2D eigenvalue weighted by Gasteiger charge is -2.16. The molecule has 0 aliphatic carbocycles. The van der Waals surface area contributed by atoms with Crippen LogP contribution in [0.2, 0.25) is 0 Å². The van der Waals surface area contributed by atoms with Crippen molar-refractivity contribution >= 4 is 16.8 Å². The zero-order valence-electron chi connectivity index (χ0n) is 14.2. The van der Waals surface area contributed by atoms with Crippen molar-refractivity contribution in [3.63, 3.8) is 0 Å². The summed E-state index contributed by atoms with van der Waals surface area (Å²) < 4.78 is 13.4. The van der Waals surface area contributed by atoms with Gasteiger partial charge in [0.1, 0.15) is 11.6 Å². The molecular weight excluding hydrogens is 321 g/mol. The Balaban J connectivity index is 1.99. The maximum atomic E-state index is 13.4. The monoisotopic (exact) mass is 341 g/mol. The molecule has 0 unspecified atom stereocenters. The Morgan fingerprint density at radius 3 is 2.84 bits per heavy atom. The molecule has 6 heteroatoms. The number of halogens is 1. The molecule has 2 N–H and O–H groups in total. The molecule has 2 aromatic carbocycles. The lowest BCUT2D eigenvalue weighted by Crippen LogP contribution is -2.27. The highest BCUT2D eigenvalue weighted by molar-refractivity contribution is 6.01. The lowest BCUT2D eigenvalue weighted by molar-refractivity contribution is 0.0792. The first kappa shape index (κ1) is 17.0. The van der Waals surface area contributed by atoms with Crippen molar-refractivity contribution in [1.82, 2.24) is 15.1 Å². The molecular formula is C19H20FN3O2. The SMILES string of the molecule is CCCN(C)C(=O)c1cc2c(Cc3cccc(F)c3)[nH]nc2cc1O. The van der Waals surface area contributed by atoms with Gasteiger partial charge in [-0.15, -0.1) is 0 Å². The molecule has 3 rings (SSSR count). The van der Waals surface area contributed by atoms with Crippen molar-refractivity contribution in [2.75, 3.05) is 13.6 Å². The van der Waals surface area contributed by atoms with E-state index in [1.165, 1.54) is 18.2 Å². The fourth-order valence-electron chi connectivity index (χ4n) is 2.90. The Morgan fingerprint density at radius 1 is 1.32 bits per heavy atom. The molecule has 5 nitrogen and oxygen atoms in total. The van der Waals surface area contributed by atoms with Crippen LogP contribution in [-0.2, 0) is 6.42 Å². The Morgan fingerprint density at radius 2 is 2.12 bits per heavy atom. The summed E-state index contributed by atoms with van der Waals surface area (Å²) in [4.78, 5) is 14.1. The van der Waals surface area contributed by atoms with Gasteiger partial charge in [-0.2, -0.15) is 5.10 Å². The molecule has 1 heterocycles. The van der Waals surface area contributed by atoms with E-state index in [4.69, 9.17) is 0 Å².